The third kappa shape index (κ3) is 7.34. The van der Waals surface area contributed by atoms with Gasteiger partial charge in [-0.05, 0) is 35.2 Å². The summed E-state index contributed by atoms with van der Waals surface area (Å²) in [5.74, 6) is 1.33. The molecule has 6 heteroatoms. The van der Waals surface area contributed by atoms with Crippen molar-refractivity contribution < 1.29 is 19.4 Å². The molecule has 1 amide bonds. The lowest BCUT2D eigenvalue weighted by molar-refractivity contribution is -0.118. The number of rotatable bonds is 12. The summed E-state index contributed by atoms with van der Waals surface area (Å²) in [5, 5.41) is 15.2. The van der Waals surface area contributed by atoms with E-state index in [1.165, 1.54) is 23.6 Å². The van der Waals surface area contributed by atoms with Crippen LogP contribution in [0.15, 0.2) is 66.7 Å². The topological polar surface area (TPSA) is 79.8 Å². The highest BCUT2D eigenvalue weighted by atomic mass is 16.5. The van der Waals surface area contributed by atoms with Gasteiger partial charge in [0.05, 0.1) is 6.61 Å². The van der Waals surface area contributed by atoms with Crippen LogP contribution in [-0.2, 0) is 17.9 Å². The summed E-state index contributed by atoms with van der Waals surface area (Å²) in [7, 11) is 0. The Bertz CT molecular complexity index is 1040. The number of nitrogens with one attached hydrogen (secondary N) is 2. The van der Waals surface area contributed by atoms with Crippen LogP contribution in [0.2, 0.25) is 0 Å². The quantitative estimate of drug-likeness (QED) is 0.367. The lowest BCUT2D eigenvalue weighted by atomic mass is 9.97. The Balaban J connectivity index is 1.66. The second-order valence-electron chi connectivity index (χ2n) is 7.75. The molecule has 0 aliphatic heterocycles. The van der Waals surface area contributed by atoms with Crippen molar-refractivity contribution in [3.63, 3.8) is 0 Å². The predicted molar refractivity (Wildman–Crippen MR) is 130 cm³/mol. The van der Waals surface area contributed by atoms with Crippen LogP contribution in [0, 0.1) is 6.92 Å². The van der Waals surface area contributed by atoms with Crippen molar-refractivity contribution in [2.45, 2.75) is 27.0 Å². The number of carbonyl (C=O) groups is 1. The van der Waals surface area contributed by atoms with Crippen molar-refractivity contribution >= 4 is 5.91 Å². The van der Waals surface area contributed by atoms with E-state index >= 15 is 0 Å². The molecular formula is C27H32N2O4. The number of hydrogen-bond donors (Lipinski definition) is 3. The Labute approximate surface area is 195 Å². The summed E-state index contributed by atoms with van der Waals surface area (Å²) in [6, 6.07) is 22.3. The van der Waals surface area contributed by atoms with E-state index in [0.717, 1.165) is 11.1 Å². The van der Waals surface area contributed by atoms with Gasteiger partial charge >= 0.3 is 0 Å². The third-order valence-electron chi connectivity index (χ3n) is 5.30. The minimum Gasteiger partial charge on any atom is -0.491 e. The van der Waals surface area contributed by atoms with E-state index < -0.39 is 0 Å². The summed E-state index contributed by atoms with van der Waals surface area (Å²) in [6.07, 6.45) is 0. The molecule has 0 saturated carbocycles. The Hall–Kier alpha value is -3.35. The maximum absolute atomic E-state index is 11.0. The molecular weight excluding hydrogens is 416 g/mol. The number of ether oxygens (including phenoxy) is 2. The molecule has 0 fully saturated rings. The van der Waals surface area contributed by atoms with Gasteiger partial charge in [0.15, 0.2) is 0 Å². The van der Waals surface area contributed by atoms with Gasteiger partial charge in [-0.1, -0.05) is 54.6 Å². The molecule has 0 aliphatic rings. The van der Waals surface area contributed by atoms with Crippen molar-refractivity contribution in [3.8, 4) is 22.6 Å². The summed E-state index contributed by atoms with van der Waals surface area (Å²) in [5.41, 5.74) is 5.66. The first-order valence-electron chi connectivity index (χ1n) is 11.2. The number of amides is 1. The second-order valence-corrected chi connectivity index (χ2v) is 7.75. The molecule has 3 aromatic carbocycles. The standard InChI is InChI=1S/C27H32N2O4/c1-20-24(9-6-10-26(20)22-7-4-3-5-8-22)19-33-25-12-11-23(27(17-25)32-16-15-30)18-28-13-14-29-21(2)31/h3-12,17,28,30H,13-16,18-19H2,1-2H3,(H,29,31). The molecule has 0 saturated heterocycles. The van der Waals surface area contributed by atoms with Crippen LogP contribution in [0.4, 0.5) is 0 Å². The van der Waals surface area contributed by atoms with Crippen LogP contribution in [0.5, 0.6) is 11.5 Å². The van der Waals surface area contributed by atoms with E-state index in [2.05, 4.69) is 47.9 Å². The van der Waals surface area contributed by atoms with Gasteiger partial charge in [0.1, 0.15) is 24.7 Å². The lowest BCUT2D eigenvalue weighted by Crippen LogP contribution is -2.30. The van der Waals surface area contributed by atoms with Gasteiger partial charge in [0, 0.05) is 38.2 Å². The molecule has 3 N–H and O–H groups in total. The average Bonchev–Trinajstić information content (AvgIpc) is 2.83. The summed E-state index contributed by atoms with van der Waals surface area (Å²) >= 11 is 0. The van der Waals surface area contributed by atoms with Crippen LogP contribution in [0.1, 0.15) is 23.6 Å². The van der Waals surface area contributed by atoms with Crippen molar-refractivity contribution in [1.82, 2.24) is 10.6 Å². The highest BCUT2D eigenvalue weighted by Gasteiger charge is 2.09. The van der Waals surface area contributed by atoms with Crippen LogP contribution in [0.3, 0.4) is 0 Å². The minimum absolute atomic E-state index is 0.0465. The molecule has 3 aromatic rings. The minimum atomic E-state index is -0.0635. The fourth-order valence-corrected chi connectivity index (χ4v) is 3.54. The van der Waals surface area contributed by atoms with Gasteiger partial charge < -0.3 is 25.2 Å². The van der Waals surface area contributed by atoms with Crippen LogP contribution >= 0.6 is 0 Å². The maximum atomic E-state index is 11.0. The van der Waals surface area contributed by atoms with E-state index in [4.69, 9.17) is 9.47 Å². The zero-order valence-corrected chi connectivity index (χ0v) is 19.3. The molecule has 0 radical (unpaired) electrons. The molecule has 0 heterocycles. The SMILES string of the molecule is CC(=O)NCCNCc1ccc(OCc2cccc(-c3ccccc3)c2C)cc1OCCO. The molecule has 0 bridgehead atoms. The molecule has 0 unspecified atom stereocenters. The van der Waals surface area contributed by atoms with Crippen LogP contribution in [-0.4, -0.2) is 37.3 Å². The van der Waals surface area contributed by atoms with Crippen LogP contribution < -0.4 is 20.1 Å². The fourth-order valence-electron chi connectivity index (χ4n) is 3.54. The molecule has 0 spiro atoms. The zero-order chi connectivity index (χ0) is 23.5. The van der Waals surface area contributed by atoms with Crippen LogP contribution in [0.25, 0.3) is 11.1 Å². The van der Waals surface area contributed by atoms with E-state index in [-0.39, 0.29) is 19.1 Å². The Morgan fingerprint density at radius 1 is 0.939 bits per heavy atom. The number of hydrogen-bond acceptors (Lipinski definition) is 5. The van der Waals surface area contributed by atoms with E-state index in [9.17, 15) is 9.90 Å². The first-order chi connectivity index (χ1) is 16.1. The van der Waals surface area contributed by atoms with Gasteiger partial charge in [-0.2, -0.15) is 0 Å². The third-order valence-corrected chi connectivity index (χ3v) is 5.30. The Kier molecular flexibility index (Phi) is 9.30. The molecule has 0 atom stereocenters. The molecule has 0 aromatic heterocycles. The zero-order valence-electron chi connectivity index (χ0n) is 19.3. The largest absolute Gasteiger partial charge is 0.491 e. The average molecular weight is 449 g/mol. The highest BCUT2D eigenvalue weighted by molar-refractivity contribution is 5.72. The second kappa shape index (κ2) is 12.6. The fraction of sp³-hybridized carbons (Fsp3) is 0.296. The first kappa shape index (κ1) is 24.3. The summed E-state index contributed by atoms with van der Waals surface area (Å²) in [6.45, 7) is 6.00. The van der Waals surface area contributed by atoms with Crippen molar-refractivity contribution in [2.24, 2.45) is 0 Å². The van der Waals surface area contributed by atoms with Gasteiger partial charge in [-0.25, -0.2) is 0 Å². The molecule has 33 heavy (non-hydrogen) atoms. The predicted octanol–water partition coefficient (Wildman–Crippen LogP) is 3.84. The summed E-state index contributed by atoms with van der Waals surface area (Å²) in [4.78, 5) is 11.0. The number of aliphatic hydroxyl groups excluding tert-OH is 1. The van der Waals surface area contributed by atoms with E-state index in [1.807, 2.05) is 36.4 Å². The van der Waals surface area contributed by atoms with E-state index in [1.54, 1.807) is 0 Å². The molecule has 3 rings (SSSR count). The molecule has 174 valence electrons. The highest BCUT2D eigenvalue weighted by Crippen LogP contribution is 2.28. The Morgan fingerprint density at radius 2 is 1.76 bits per heavy atom. The number of benzene rings is 3. The smallest absolute Gasteiger partial charge is 0.216 e. The van der Waals surface area contributed by atoms with Crippen molar-refractivity contribution in [3.05, 3.63) is 83.4 Å². The maximum Gasteiger partial charge on any atom is 0.216 e. The molecule has 6 nitrogen and oxygen atoms in total. The van der Waals surface area contributed by atoms with E-state index in [0.29, 0.717) is 37.7 Å². The van der Waals surface area contributed by atoms with Gasteiger partial charge in [0.2, 0.25) is 5.91 Å². The van der Waals surface area contributed by atoms with Gasteiger partial charge in [-0.15, -0.1) is 0 Å². The molecule has 0 aliphatic carbocycles. The van der Waals surface area contributed by atoms with Crippen molar-refractivity contribution in [1.29, 1.82) is 0 Å². The Morgan fingerprint density at radius 3 is 2.52 bits per heavy atom. The van der Waals surface area contributed by atoms with Crippen molar-refractivity contribution in [2.75, 3.05) is 26.3 Å². The summed E-state index contributed by atoms with van der Waals surface area (Å²) < 4.78 is 11.8. The number of aliphatic hydroxyl groups is 1. The first-order valence-corrected chi connectivity index (χ1v) is 11.2. The normalized spacial score (nSPS) is 10.6. The van der Waals surface area contributed by atoms with Gasteiger partial charge in [-0.3, -0.25) is 4.79 Å². The van der Waals surface area contributed by atoms with Gasteiger partial charge in [0.25, 0.3) is 0 Å². The number of carbonyl (C=O) groups excluding carboxylic acids is 1. The monoisotopic (exact) mass is 448 g/mol. The lowest BCUT2D eigenvalue weighted by Gasteiger charge is -2.16.